The van der Waals surface area contributed by atoms with Gasteiger partial charge >= 0.3 is 11.9 Å². The second kappa shape index (κ2) is 5.18. The lowest BCUT2D eigenvalue weighted by atomic mass is 10.2. The molecule has 0 aromatic carbocycles. The minimum Gasteiger partial charge on any atom is -0.465 e. The molecule has 0 saturated heterocycles. The van der Waals surface area contributed by atoms with Crippen LogP contribution in [0.1, 0.15) is 20.8 Å². The summed E-state index contributed by atoms with van der Waals surface area (Å²) in [4.78, 5) is 23.5. The third kappa shape index (κ3) is 2.31. The summed E-state index contributed by atoms with van der Waals surface area (Å²) in [7, 11) is 2.41. The zero-order chi connectivity index (χ0) is 14.2. The molecule has 0 aliphatic carbocycles. The molecule has 100 valence electrons. The normalized spacial score (nSPS) is 10.5. The van der Waals surface area contributed by atoms with Crippen molar-refractivity contribution in [1.29, 1.82) is 0 Å². The monoisotopic (exact) mass is 346 g/mol. The number of aromatic nitrogens is 2. The molecular weight excluding hydrogens is 339 g/mol. The molecule has 2 aromatic rings. The van der Waals surface area contributed by atoms with E-state index < -0.39 is 11.9 Å². The van der Waals surface area contributed by atoms with Crippen LogP contribution in [0.5, 0.6) is 0 Å². The summed E-state index contributed by atoms with van der Waals surface area (Å²) >= 11 is 9.27. The van der Waals surface area contributed by atoms with Gasteiger partial charge in [0, 0.05) is 4.47 Å². The molecule has 2 heterocycles. The Labute approximate surface area is 121 Å². The van der Waals surface area contributed by atoms with Crippen molar-refractivity contribution in [2.75, 3.05) is 14.2 Å². The number of fused-ring (bicyclic) bond motifs is 1. The fourth-order valence-electron chi connectivity index (χ4n) is 1.62. The molecule has 0 aliphatic rings. The lowest BCUT2D eigenvalue weighted by Gasteiger charge is -2.00. The largest absolute Gasteiger partial charge is 0.465 e. The van der Waals surface area contributed by atoms with Gasteiger partial charge < -0.3 is 9.47 Å². The second-order valence-electron chi connectivity index (χ2n) is 3.50. The second-order valence-corrected chi connectivity index (χ2v) is 4.80. The highest BCUT2D eigenvalue weighted by molar-refractivity contribution is 9.10. The highest BCUT2D eigenvalue weighted by atomic mass is 79.9. The molecule has 0 N–H and O–H groups in total. The van der Waals surface area contributed by atoms with E-state index >= 15 is 0 Å². The van der Waals surface area contributed by atoms with Crippen molar-refractivity contribution < 1.29 is 19.1 Å². The number of nitrogens with zero attached hydrogens (tertiary/aromatic N) is 2. The lowest BCUT2D eigenvalue weighted by molar-refractivity contribution is 0.0553. The van der Waals surface area contributed by atoms with E-state index in [4.69, 9.17) is 11.6 Å². The van der Waals surface area contributed by atoms with Crippen LogP contribution < -0.4 is 0 Å². The minimum absolute atomic E-state index is 0.0116. The first kappa shape index (κ1) is 13.8. The molecule has 0 fully saturated rings. The fourth-order valence-corrected chi connectivity index (χ4v) is 2.43. The number of carbonyl (C=O) groups is 2. The predicted octanol–water partition coefficient (Wildman–Crippen LogP) is 2.32. The number of carbonyl (C=O) groups excluding carboxylic acids is 2. The first-order chi connectivity index (χ1) is 8.99. The number of halogens is 2. The van der Waals surface area contributed by atoms with Gasteiger partial charge in [-0.3, -0.25) is 0 Å². The number of hydrogen-bond donors (Lipinski definition) is 0. The number of rotatable bonds is 2. The molecule has 2 aromatic heterocycles. The van der Waals surface area contributed by atoms with Crippen molar-refractivity contribution in [2.45, 2.75) is 0 Å². The number of hydrogen-bond acceptors (Lipinski definition) is 5. The summed E-state index contributed by atoms with van der Waals surface area (Å²) in [6, 6.07) is 3.20. The van der Waals surface area contributed by atoms with Crippen LogP contribution in [0, 0.1) is 0 Å². The van der Waals surface area contributed by atoms with E-state index in [0.717, 1.165) is 0 Å². The Morgan fingerprint density at radius 2 is 1.89 bits per heavy atom. The first-order valence-corrected chi connectivity index (χ1v) is 6.21. The molecule has 0 atom stereocenters. The smallest absolute Gasteiger partial charge is 0.359 e. The Hall–Kier alpha value is -1.60. The van der Waals surface area contributed by atoms with Crippen molar-refractivity contribution in [1.82, 2.24) is 9.61 Å². The summed E-state index contributed by atoms with van der Waals surface area (Å²) in [6.45, 7) is 0. The van der Waals surface area contributed by atoms with Crippen molar-refractivity contribution in [3.63, 3.8) is 0 Å². The summed E-state index contributed by atoms with van der Waals surface area (Å²) in [5, 5.41) is 4.22. The van der Waals surface area contributed by atoms with Gasteiger partial charge in [0.25, 0.3) is 0 Å². The van der Waals surface area contributed by atoms with Crippen molar-refractivity contribution >= 4 is 45.0 Å². The third-order valence-electron chi connectivity index (χ3n) is 2.42. The Kier molecular flexibility index (Phi) is 3.77. The van der Waals surface area contributed by atoms with Crippen molar-refractivity contribution in [2.24, 2.45) is 0 Å². The number of esters is 2. The molecule has 2 rings (SSSR count). The van der Waals surface area contributed by atoms with Gasteiger partial charge in [0.15, 0.2) is 5.69 Å². The van der Waals surface area contributed by atoms with Crippen LogP contribution in [0.15, 0.2) is 16.6 Å². The van der Waals surface area contributed by atoms with Gasteiger partial charge in [0.05, 0.1) is 19.7 Å². The van der Waals surface area contributed by atoms with Gasteiger partial charge in [0.2, 0.25) is 0 Å². The maximum Gasteiger partial charge on any atom is 0.359 e. The Morgan fingerprint density at radius 3 is 2.47 bits per heavy atom. The van der Waals surface area contributed by atoms with E-state index in [1.807, 2.05) is 0 Å². The van der Waals surface area contributed by atoms with E-state index in [1.165, 1.54) is 18.7 Å². The number of ether oxygens (including phenoxy) is 2. The van der Waals surface area contributed by atoms with Gasteiger partial charge in [-0.2, -0.15) is 5.10 Å². The van der Waals surface area contributed by atoms with Gasteiger partial charge in [-0.15, -0.1) is 0 Å². The minimum atomic E-state index is -0.740. The maximum absolute atomic E-state index is 11.8. The summed E-state index contributed by atoms with van der Waals surface area (Å²) in [6.07, 6.45) is 0. The predicted molar refractivity (Wildman–Crippen MR) is 70.6 cm³/mol. The lowest BCUT2D eigenvalue weighted by Crippen LogP contribution is -2.10. The molecule has 19 heavy (non-hydrogen) atoms. The quantitative estimate of drug-likeness (QED) is 0.616. The number of methoxy groups -OCH3 is 2. The Bertz CT molecular complexity index is 683. The topological polar surface area (TPSA) is 69.9 Å². The average molecular weight is 348 g/mol. The fraction of sp³-hybridized carbons (Fsp3) is 0.182. The van der Waals surface area contributed by atoms with Crippen molar-refractivity contribution in [3.8, 4) is 0 Å². The van der Waals surface area contributed by atoms with E-state index in [1.54, 1.807) is 12.1 Å². The molecule has 0 aliphatic heterocycles. The van der Waals surface area contributed by atoms with Gasteiger partial charge in [-0.1, -0.05) is 27.5 Å². The highest BCUT2D eigenvalue weighted by Gasteiger charge is 2.27. The standard InChI is InChI=1S/C11H8BrClN2O4/c1-18-10(16)8-6-3-5(12)4-7(13)15(6)14-9(8)11(17)19-2/h3-4H,1-2H3. The zero-order valence-electron chi connectivity index (χ0n) is 9.94. The van der Waals surface area contributed by atoms with Crippen LogP contribution in [0.3, 0.4) is 0 Å². The van der Waals surface area contributed by atoms with E-state index in [-0.39, 0.29) is 16.4 Å². The SMILES string of the molecule is COC(=O)c1nn2c(Cl)cc(Br)cc2c1C(=O)OC. The Balaban J connectivity index is 2.85. The van der Waals surface area contributed by atoms with Crippen molar-refractivity contribution in [3.05, 3.63) is 33.0 Å². The first-order valence-electron chi connectivity index (χ1n) is 5.04. The zero-order valence-corrected chi connectivity index (χ0v) is 12.3. The van der Waals surface area contributed by atoms with E-state index in [9.17, 15) is 9.59 Å². The molecular formula is C11H8BrClN2O4. The van der Waals surface area contributed by atoms with Crippen LogP contribution in [0.2, 0.25) is 5.15 Å². The molecule has 0 amide bonds. The van der Waals surface area contributed by atoms with Crippen LogP contribution in [0.25, 0.3) is 5.52 Å². The molecule has 0 bridgehead atoms. The summed E-state index contributed by atoms with van der Waals surface area (Å²) < 4.78 is 11.2. The third-order valence-corrected chi connectivity index (χ3v) is 3.15. The van der Waals surface area contributed by atoms with Gasteiger partial charge in [0.1, 0.15) is 10.7 Å². The van der Waals surface area contributed by atoms with Gasteiger partial charge in [-0.05, 0) is 12.1 Å². The summed E-state index contributed by atoms with van der Waals surface area (Å²) in [5.41, 5.74) is 0.221. The molecule has 0 spiro atoms. The van der Waals surface area contributed by atoms with E-state index in [2.05, 4.69) is 30.5 Å². The average Bonchev–Trinajstić information content (AvgIpc) is 2.76. The highest BCUT2D eigenvalue weighted by Crippen LogP contribution is 2.25. The number of pyridine rings is 1. The maximum atomic E-state index is 11.8. The Morgan fingerprint density at radius 1 is 1.26 bits per heavy atom. The molecule has 6 nitrogen and oxygen atoms in total. The van der Waals surface area contributed by atoms with Crippen LogP contribution in [-0.2, 0) is 9.47 Å². The van der Waals surface area contributed by atoms with Crippen LogP contribution in [-0.4, -0.2) is 35.8 Å². The summed E-state index contributed by atoms with van der Waals surface area (Å²) in [5.74, 6) is -1.43. The van der Waals surface area contributed by atoms with Crippen LogP contribution in [0.4, 0.5) is 0 Å². The molecule has 0 unspecified atom stereocenters. The van der Waals surface area contributed by atoms with Gasteiger partial charge in [-0.25, -0.2) is 14.1 Å². The van der Waals surface area contributed by atoms with Crippen LogP contribution >= 0.6 is 27.5 Å². The molecule has 0 saturated carbocycles. The van der Waals surface area contributed by atoms with E-state index in [0.29, 0.717) is 9.99 Å². The molecule has 0 radical (unpaired) electrons. The molecule has 8 heteroatoms.